The first-order valence-corrected chi connectivity index (χ1v) is 10.3. The number of carbonyl (C=O) groups excluding carboxylic acids is 1. The van der Waals surface area contributed by atoms with Gasteiger partial charge >= 0.3 is 0 Å². The second-order valence-electron chi connectivity index (χ2n) is 7.89. The van der Waals surface area contributed by atoms with Crippen LogP contribution in [-0.2, 0) is 16.8 Å². The summed E-state index contributed by atoms with van der Waals surface area (Å²) in [6.45, 7) is 0.463. The highest BCUT2D eigenvalue weighted by molar-refractivity contribution is 6.02. The molecule has 2 aliphatic rings. The van der Waals surface area contributed by atoms with Crippen molar-refractivity contribution < 1.29 is 19.0 Å². The molecule has 2 N–H and O–H groups in total. The fourth-order valence-electron chi connectivity index (χ4n) is 4.03. The molecule has 157 valence electrons. The molecule has 0 atom stereocenters. The smallest absolute Gasteiger partial charge is 0.235 e. The fourth-order valence-corrected chi connectivity index (χ4v) is 4.03. The number of anilines is 1. The van der Waals surface area contributed by atoms with Gasteiger partial charge in [0, 0.05) is 17.8 Å². The summed E-state index contributed by atoms with van der Waals surface area (Å²) in [4.78, 5) is 13.2. The standard InChI is InChI=1S/C25H23N2O4/c1-29-21-9-7-19(13-20(21)17-4-2-16(14-26)3-5-17)27-24(28)25(10-11-25)18-6-8-22-23(12-18)31-15-30-22/h2-9,12-13,26H,10-11,14-15H2,1H3,(H,27,28). The van der Waals surface area contributed by atoms with Crippen molar-refractivity contribution in [3.63, 3.8) is 0 Å². The Bertz CT molecular complexity index is 1140. The number of benzene rings is 3. The molecule has 31 heavy (non-hydrogen) atoms. The summed E-state index contributed by atoms with van der Waals surface area (Å²) in [5.74, 6) is 2.12. The van der Waals surface area contributed by atoms with Crippen LogP contribution in [0.25, 0.3) is 11.1 Å². The molecular weight excluding hydrogens is 392 g/mol. The van der Waals surface area contributed by atoms with Gasteiger partial charge in [-0.1, -0.05) is 30.3 Å². The highest BCUT2D eigenvalue weighted by Gasteiger charge is 2.51. The highest BCUT2D eigenvalue weighted by atomic mass is 16.7. The van der Waals surface area contributed by atoms with Gasteiger partial charge in [-0.25, -0.2) is 0 Å². The summed E-state index contributed by atoms with van der Waals surface area (Å²) in [6.07, 6.45) is 1.60. The van der Waals surface area contributed by atoms with Gasteiger partial charge in [0.05, 0.1) is 12.5 Å². The van der Waals surface area contributed by atoms with Crippen LogP contribution in [0.5, 0.6) is 17.2 Å². The first-order valence-electron chi connectivity index (χ1n) is 10.3. The van der Waals surface area contributed by atoms with Gasteiger partial charge in [-0.15, -0.1) is 0 Å². The van der Waals surface area contributed by atoms with Gasteiger partial charge in [0.2, 0.25) is 12.7 Å². The SMILES string of the molecule is COc1ccc(NC(=O)C2(c3ccc4c(c3)OCO4)CC2)cc1-c1ccc(C[NH])cc1. The van der Waals surface area contributed by atoms with Crippen molar-refractivity contribution in [2.24, 2.45) is 0 Å². The predicted octanol–water partition coefficient (Wildman–Crippen LogP) is 4.54. The van der Waals surface area contributed by atoms with E-state index in [1.807, 2.05) is 60.7 Å². The third-order valence-corrected chi connectivity index (χ3v) is 6.04. The molecular formula is C25H23N2O4. The Morgan fingerprint density at radius 3 is 2.52 bits per heavy atom. The van der Waals surface area contributed by atoms with E-state index < -0.39 is 5.41 Å². The number of fused-ring (bicyclic) bond motifs is 1. The van der Waals surface area contributed by atoms with Gasteiger partial charge in [-0.3, -0.25) is 10.5 Å². The van der Waals surface area contributed by atoms with Gasteiger partial charge < -0.3 is 19.5 Å². The molecule has 0 aromatic heterocycles. The van der Waals surface area contributed by atoms with E-state index in [0.717, 1.165) is 52.3 Å². The fraction of sp³-hybridized carbons (Fsp3) is 0.240. The lowest BCUT2D eigenvalue weighted by molar-refractivity contribution is -0.118. The Labute approximate surface area is 180 Å². The topological polar surface area (TPSA) is 80.6 Å². The van der Waals surface area contributed by atoms with Crippen molar-refractivity contribution in [3.8, 4) is 28.4 Å². The van der Waals surface area contributed by atoms with E-state index in [9.17, 15) is 4.79 Å². The molecule has 0 saturated heterocycles. The number of nitrogens with one attached hydrogen (secondary N) is 2. The van der Waals surface area contributed by atoms with Crippen molar-refractivity contribution in [3.05, 3.63) is 71.8 Å². The van der Waals surface area contributed by atoms with E-state index in [2.05, 4.69) is 5.32 Å². The summed E-state index contributed by atoms with van der Waals surface area (Å²) < 4.78 is 16.4. The average molecular weight is 415 g/mol. The van der Waals surface area contributed by atoms with Gasteiger partial charge in [0.1, 0.15) is 5.75 Å². The first-order chi connectivity index (χ1) is 15.1. The molecule has 1 amide bonds. The van der Waals surface area contributed by atoms with Crippen LogP contribution >= 0.6 is 0 Å². The van der Waals surface area contributed by atoms with E-state index >= 15 is 0 Å². The molecule has 0 spiro atoms. The number of amides is 1. The van der Waals surface area contributed by atoms with E-state index in [4.69, 9.17) is 19.9 Å². The van der Waals surface area contributed by atoms with Crippen LogP contribution < -0.4 is 25.3 Å². The molecule has 6 heteroatoms. The van der Waals surface area contributed by atoms with Crippen molar-refractivity contribution in [1.82, 2.24) is 5.73 Å². The Morgan fingerprint density at radius 2 is 1.81 bits per heavy atom. The molecule has 1 radical (unpaired) electrons. The number of methoxy groups -OCH3 is 1. The summed E-state index contributed by atoms with van der Waals surface area (Å²) in [5.41, 5.74) is 11.5. The Balaban J connectivity index is 1.41. The lowest BCUT2D eigenvalue weighted by Gasteiger charge is -2.18. The second-order valence-corrected chi connectivity index (χ2v) is 7.89. The molecule has 1 saturated carbocycles. The third kappa shape index (κ3) is 3.49. The maximum Gasteiger partial charge on any atom is 0.235 e. The number of hydrogen-bond acceptors (Lipinski definition) is 4. The molecule has 1 heterocycles. The molecule has 5 rings (SSSR count). The van der Waals surface area contributed by atoms with E-state index in [0.29, 0.717) is 5.75 Å². The summed E-state index contributed by atoms with van der Waals surface area (Å²) in [6, 6.07) is 19.2. The maximum atomic E-state index is 13.2. The summed E-state index contributed by atoms with van der Waals surface area (Å²) >= 11 is 0. The minimum atomic E-state index is -0.531. The number of carbonyl (C=O) groups is 1. The van der Waals surface area contributed by atoms with Gasteiger partial charge in [-0.2, -0.15) is 0 Å². The van der Waals surface area contributed by atoms with Crippen LogP contribution in [0.1, 0.15) is 24.0 Å². The molecule has 1 aliphatic heterocycles. The van der Waals surface area contributed by atoms with E-state index in [1.54, 1.807) is 7.11 Å². The van der Waals surface area contributed by atoms with Crippen LogP contribution in [0.2, 0.25) is 0 Å². The van der Waals surface area contributed by atoms with Crippen LogP contribution in [0.3, 0.4) is 0 Å². The van der Waals surface area contributed by atoms with Crippen molar-refractivity contribution in [2.75, 3.05) is 19.2 Å². The maximum absolute atomic E-state index is 13.2. The quantitative estimate of drug-likeness (QED) is 0.641. The molecule has 3 aromatic carbocycles. The minimum absolute atomic E-state index is 0.0213. The Hall–Kier alpha value is -3.51. The highest BCUT2D eigenvalue weighted by Crippen LogP contribution is 2.51. The molecule has 3 aromatic rings. The third-order valence-electron chi connectivity index (χ3n) is 6.04. The van der Waals surface area contributed by atoms with Crippen LogP contribution in [0.4, 0.5) is 5.69 Å². The molecule has 1 aliphatic carbocycles. The Kier molecular flexibility index (Phi) is 4.79. The Morgan fingerprint density at radius 1 is 1.03 bits per heavy atom. The molecule has 0 bridgehead atoms. The zero-order chi connectivity index (χ0) is 21.4. The van der Waals surface area contributed by atoms with Crippen molar-refractivity contribution >= 4 is 11.6 Å². The molecule has 1 fully saturated rings. The monoisotopic (exact) mass is 415 g/mol. The number of ether oxygens (including phenoxy) is 3. The van der Waals surface area contributed by atoms with Crippen molar-refractivity contribution in [1.29, 1.82) is 0 Å². The van der Waals surface area contributed by atoms with Crippen LogP contribution in [0.15, 0.2) is 60.7 Å². The number of rotatable bonds is 6. The summed E-state index contributed by atoms with van der Waals surface area (Å²) in [5, 5.41) is 3.10. The molecule has 6 nitrogen and oxygen atoms in total. The zero-order valence-corrected chi connectivity index (χ0v) is 17.2. The second kappa shape index (κ2) is 7.63. The lowest BCUT2D eigenvalue weighted by atomic mass is 9.94. The van der Waals surface area contributed by atoms with Gasteiger partial charge in [0.25, 0.3) is 0 Å². The summed E-state index contributed by atoms with van der Waals surface area (Å²) in [7, 11) is 1.63. The van der Waals surface area contributed by atoms with Crippen LogP contribution in [0, 0.1) is 0 Å². The van der Waals surface area contributed by atoms with Crippen molar-refractivity contribution in [2.45, 2.75) is 24.8 Å². The number of hydrogen-bond donors (Lipinski definition) is 1. The van der Waals surface area contributed by atoms with E-state index in [1.165, 1.54) is 0 Å². The van der Waals surface area contributed by atoms with E-state index in [-0.39, 0.29) is 19.2 Å². The minimum Gasteiger partial charge on any atom is -0.496 e. The molecule has 0 unspecified atom stereocenters. The zero-order valence-electron chi connectivity index (χ0n) is 17.2. The lowest BCUT2D eigenvalue weighted by Crippen LogP contribution is -2.27. The van der Waals surface area contributed by atoms with Gasteiger partial charge in [0.15, 0.2) is 11.5 Å². The van der Waals surface area contributed by atoms with Crippen LogP contribution in [-0.4, -0.2) is 19.8 Å². The largest absolute Gasteiger partial charge is 0.496 e. The average Bonchev–Trinajstić information content (AvgIpc) is 3.50. The van der Waals surface area contributed by atoms with Gasteiger partial charge in [-0.05, 0) is 59.9 Å². The predicted molar refractivity (Wildman–Crippen MR) is 117 cm³/mol. The first kappa shape index (κ1) is 19.5. The normalized spacial score (nSPS) is 15.4.